The molecule has 2 aromatic rings. The fourth-order valence-corrected chi connectivity index (χ4v) is 5.17. The number of nitrogens with zero attached hydrogens (tertiary/aromatic N) is 3. The van der Waals surface area contributed by atoms with Crippen LogP contribution in [-0.2, 0) is 16.1 Å². The minimum atomic E-state index is -0.167. The lowest BCUT2D eigenvalue weighted by atomic mass is 9.95. The molecular weight excluding hydrogens is 436 g/mol. The number of fused-ring (bicyclic) bond motifs is 1. The van der Waals surface area contributed by atoms with Crippen molar-refractivity contribution in [1.29, 1.82) is 0 Å². The van der Waals surface area contributed by atoms with E-state index in [9.17, 15) is 14.4 Å². The van der Waals surface area contributed by atoms with E-state index in [-0.39, 0.29) is 42.1 Å². The summed E-state index contributed by atoms with van der Waals surface area (Å²) >= 11 is 1.28. The zero-order valence-corrected chi connectivity index (χ0v) is 20.7. The Kier molecular flexibility index (Phi) is 9.78. The van der Waals surface area contributed by atoms with Crippen molar-refractivity contribution in [3.8, 4) is 0 Å². The Bertz CT molecular complexity index is 1000. The highest BCUT2D eigenvalue weighted by Crippen LogP contribution is 2.20. The predicted molar refractivity (Wildman–Crippen MR) is 134 cm³/mol. The topological polar surface area (TPSA) is 84.3 Å². The molecule has 1 aliphatic rings. The number of amides is 2. The summed E-state index contributed by atoms with van der Waals surface area (Å²) < 4.78 is 1.56. The number of para-hydroxylation sites is 1. The summed E-state index contributed by atoms with van der Waals surface area (Å²) in [7, 11) is 0. The van der Waals surface area contributed by atoms with Crippen LogP contribution < -0.4 is 10.9 Å². The second-order valence-electron chi connectivity index (χ2n) is 8.64. The van der Waals surface area contributed by atoms with E-state index in [1.165, 1.54) is 18.2 Å². The zero-order chi connectivity index (χ0) is 23.6. The van der Waals surface area contributed by atoms with E-state index in [2.05, 4.69) is 17.2 Å². The molecule has 1 saturated carbocycles. The second-order valence-corrected chi connectivity index (χ2v) is 9.58. The van der Waals surface area contributed by atoms with E-state index in [0.717, 1.165) is 45.1 Å². The van der Waals surface area contributed by atoms with E-state index >= 15 is 0 Å². The average molecular weight is 473 g/mol. The highest BCUT2D eigenvalue weighted by molar-refractivity contribution is 7.99. The largest absolute Gasteiger partial charge is 0.353 e. The van der Waals surface area contributed by atoms with Crippen molar-refractivity contribution in [2.75, 3.05) is 18.8 Å². The molecule has 1 fully saturated rings. The molecule has 1 aromatic carbocycles. The molecule has 0 atom stereocenters. The molecule has 7 nitrogen and oxygen atoms in total. The van der Waals surface area contributed by atoms with Gasteiger partial charge in [0.05, 0.1) is 16.7 Å². The molecule has 0 spiro atoms. The molecule has 0 saturated heterocycles. The summed E-state index contributed by atoms with van der Waals surface area (Å²) in [5.41, 5.74) is 0.443. The van der Waals surface area contributed by atoms with E-state index in [0.29, 0.717) is 22.6 Å². The maximum Gasteiger partial charge on any atom is 0.262 e. The fraction of sp³-hybridized carbons (Fsp3) is 0.600. The number of aromatic nitrogens is 2. The Morgan fingerprint density at radius 3 is 2.67 bits per heavy atom. The predicted octanol–water partition coefficient (Wildman–Crippen LogP) is 3.98. The van der Waals surface area contributed by atoms with Crippen LogP contribution in [0.2, 0.25) is 0 Å². The summed E-state index contributed by atoms with van der Waals surface area (Å²) in [6.45, 7) is 5.74. The van der Waals surface area contributed by atoms with Gasteiger partial charge in [-0.3, -0.25) is 19.0 Å². The highest BCUT2D eigenvalue weighted by Gasteiger charge is 2.19. The van der Waals surface area contributed by atoms with Crippen LogP contribution in [0.4, 0.5) is 0 Å². The number of benzene rings is 1. The van der Waals surface area contributed by atoms with Gasteiger partial charge in [-0.25, -0.2) is 4.98 Å². The lowest BCUT2D eigenvalue weighted by Crippen LogP contribution is -2.37. The number of carbonyl (C=O) groups excluding carboxylic acids is 2. The molecule has 1 aromatic heterocycles. The first-order valence-electron chi connectivity index (χ1n) is 12.2. The Labute approximate surface area is 200 Å². The lowest BCUT2D eigenvalue weighted by Gasteiger charge is -2.23. The van der Waals surface area contributed by atoms with Crippen LogP contribution in [0.25, 0.3) is 10.9 Å². The summed E-state index contributed by atoms with van der Waals surface area (Å²) in [5, 5.41) is 4.13. The Morgan fingerprint density at radius 2 is 1.94 bits per heavy atom. The number of nitrogens with one attached hydrogen (secondary N) is 1. The monoisotopic (exact) mass is 472 g/mol. The van der Waals surface area contributed by atoms with Gasteiger partial charge >= 0.3 is 0 Å². The third-order valence-corrected chi connectivity index (χ3v) is 7.16. The zero-order valence-electron chi connectivity index (χ0n) is 19.8. The fourth-order valence-electron chi connectivity index (χ4n) is 4.24. The average Bonchev–Trinajstić information content (AvgIpc) is 2.83. The van der Waals surface area contributed by atoms with Crippen LogP contribution in [0.1, 0.15) is 65.2 Å². The first-order chi connectivity index (χ1) is 16.0. The normalized spacial score (nSPS) is 14.4. The summed E-state index contributed by atoms with van der Waals surface area (Å²) in [6.07, 6.45) is 7.82. The van der Waals surface area contributed by atoms with Crippen LogP contribution in [0.3, 0.4) is 0 Å². The lowest BCUT2D eigenvalue weighted by molar-refractivity contribution is -0.128. The quantitative estimate of drug-likeness (QED) is 0.395. The van der Waals surface area contributed by atoms with Gasteiger partial charge in [-0.1, -0.05) is 56.5 Å². The molecule has 8 heteroatoms. The van der Waals surface area contributed by atoms with Crippen LogP contribution in [-0.4, -0.2) is 51.1 Å². The molecule has 2 amide bonds. The molecule has 180 valence electrons. The molecule has 3 rings (SSSR count). The summed E-state index contributed by atoms with van der Waals surface area (Å²) in [5.74, 6) is 0.224. The number of rotatable bonds is 11. The van der Waals surface area contributed by atoms with E-state index in [1.54, 1.807) is 10.6 Å². The van der Waals surface area contributed by atoms with Gasteiger partial charge in [0.15, 0.2) is 5.16 Å². The maximum atomic E-state index is 13.2. The van der Waals surface area contributed by atoms with Crippen molar-refractivity contribution in [3.63, 3.8) is 0 Å². The number of unbranched alkanes of at least 4 members (excludes halogenated alkanes) is 1. The number of carbonyl (C=O) groups is 2. The van der Waals surface area contributed by atoms with Crippen molar-refractivity contribution in [3.05, 3.63) is 34.6 Å². The van der Waals surface area contributed by atoms with Gasteiger partial charge in [0.25, 0.3) is 5.56 Å². The highest BCUT2D eigenvalue weighted by atomic mass is 32.2. The first kappa shape index (κ1) is 25.3. The molecular formula is C25H36N4O3S. The molecule has 1 N–H and O–H groups in total. The molecule has 0 unspecified atom stereocenters. The molecule has 33 heavy (non-hydrogen) atoms. The maximum absolute atomic E-state index is 13.2. The number of thioether (sulfide) groups is 1. The van der Waals surface area contributed by atoms with E-state index in [4.69, 9.17) is 0 Å². The van der Waals surface area contributed by atoms with Crippen LogP contribution in [0.15, 0.2) is 34.2 Å². The number of hydrogen-bond donors (Lipinski definition) is 1. The molecule has 0 aliphatic heterocycles. The summed E-state index contributed by atoms with van der Waals surface area (Å²) in [4.78, 5) is 45.0. The SMILES string of the molecule is CCCCN(CC)C(=O)CSc1nc2ccccc2c(=O)n1CCC(=O)NC1CCCCC1. The Hall–Kier alpha value is -2.35. The Balaban J connectivity index is 1.73. The van der Waals surface area contributed by atoms with Gasteiger partial charge in [-0.05, 0) is 38.3 Å². The molecule has 1 aliphatic carbocycles. The van der Waals surface area contributed by atoms with E-state index < -0.39 is 0 Å². The summed E-state index contributed by atoms with van der Waals surface area (Å²) in [6, 6.07) is 7.47. The van der Waals surface area contributed by atoms with Crippen molar-refractivity contribution < 1.29 is 9.59 Å². The standard InChI is InChI=1S/C25H36N4O3S/c1-3-5-16-28(4-2)23(31)18-33-25-27-21-14-10-9-13-20(21)24(32)29(25)17-15-22(30)26-19-11-7-6-8-12-19/h9-10,13-14,19H,3-8,11-12,15-18H2,1-2H3,(H,26,30). The minimum absolute atomic E-state index is 0.0364. The minimum Gasteiger partial charge on any atom is -0.353 e. The van der Waals surface area contributed by atoms with Gasteiger partial charge in [-0.2, -0.15) is 0 Å². The van der Waals surface area contributed by atoms with Gasteiger partial charge < -0.3 is 10.2 Å². The van der Waals surface area contributed by atoms with Crippen LogP contribution in [0.5, 0.6) is 0 Å². The third-order valence-electron chi connectivity index (χ3n) is 6.20. The second kappa shape index (κ2) is 12.8. The third kappa shape index (κ3) is 7.06. The van der Waals surface area contributed by atoms with Crippen LogP contribution in [0, 0.1) is 0 Å². The van der Waals surface area contributed by atoms with Gasteiger partial charge in [0, 0.05) is 32.1 Å². The Morgan fingerprint density at radius 1 is 1.18 bits per heavy atom. The molecule has 0 bridgehead atoms. The molecule has 1 heterocycles. The number of hydrogen-bond acceptors (Lipinski definition) is 5. The van der Waals surface area contributed by atoms with Crippen molar-refractivity contribution in [2.24, 2.45) is 0 Å². The van der Waals surface area contributed by atoms with Gasteiger partial charge in [0.2, 0.25) is 11.8 Å². The van der Waals surface area contributed by atoms with Crippen molar-refractivity contribution in [1.82, 2.24) is 19.8 Å². The van der Waals surface area contributed by atoms with Crippen molar-refractivity contribution in [2.45, 2.75) is 83.0 Å². The van der Waals surface area contributed by atoms with E-state index in [1.807, 2.05) is 30.0 Å². The van der Waals surface area contributed by atoms with Gasteiger partial charge in [0.1, 0.15) is 0 Å². The van der Waals surface area contributed by atoms with Gasteiger partial charge in [-0.15, -0.1) is 0 Å². The molecule has 0 radical (unpaired) electrons. The van der Waals surface area contributed by atoms with Crippen LogP contribution >= 0.6 is 11.8 Å². The first-order valence-corrected chi connectivity index (χ1v) is 13.2. The van der Waals surface area contributed by atoms with Crippen molar-refractivity contribution >= 4 is 34.5 Å². The smallest absolute Gasteiger partial charge is 0.262 e.